The summed E-state index contributed by atoms with van der Waals surface area (Å²) in [6.07, 6.45) is 7.08. The number of hydrogen-bond acceptors (Lipinski definition) is 1. The maximum Gasteiger partial charge on any atom is 0.0376 e. The highest BCUT2D eigenvalue weighted by Crippen LogP contribution is 2.44. The molecule has 0 spiro atoms. The predicted octanol–water partition coefficient (Wildman–Crippen LogP) is 4.54. The molecule has 1 heterocycles. The van der Waals surface area contributed by atoms with Crippen LogP contribution in [0.1, 0.15) is 43.6 Å². The predicted molar refractivity (Wildman–Crippen MR) is 71.9 cm³/mol. The fraction of sp³-hybridized carbons (Fsp3) is 0.571. The average molecular weight is 280 g/mol. The van der Waals surface area contributed by atoms with Crippen LogP contribution in [-0.4, -0.2) is 6.54 Å². The van der Waals surface area contributed by atoms with Crippen LogP contribution in [0.15, 0.2) is 22.7 Å². The SMILES string of the molecule is Brc1ccc2c(c1)C(C1CCCC1)CCN2. The first-order valence-electron chi connectivity index (χ1n) is 6.38. The fourth-order valence-electron chi connectivity index (χ4n) is 3.37. The Morgan fingerprint density at radius 2 is 1.94 bits per heavy atom. The smallest absolute Gasteiger partial charge is 0.0376 e. The molecule has 1 aliphatic carbocycles. The van der Waals surface area contributed by atoms with Gasteiger partial charge in [-0.05, 0) is 54.9 Å². The zero-order valence-electron chi connectivity index (χ0n) is 9.51. The maximum atomic E-state index is 3.60. The third kappa shape index (κ3) is 1.88. The summed E-state index contributed by atoms with van der Waals surface area (Å²) in [5.41, 5.74) is 2.92. The fourth-order valence-corrected chi connectivity index (χ4v) is 3.75. The average Bonchev–Trinajstić information content (AvgIpc) is 2.81. The topological polar surface area (TPSA) is 12.0 Å². The van der Waals surface area contributed by atoms with Crippen molar-refractivity contribution in [2.45, 2.75) is 38.0 Å². The zero-order valence-corrected chi connectivity index (χ0v) is 11.1. The lowest BCUT2D eigenvalue weighted by atomic mass is 9.80. The van der Waals surface area contributed by atoms with Gasteiger partial charge in [-0.15, -0.1) is 0 Å². The van der Waals surface area contributed by atoms with Gasteiger partial charge in [0.1, 0.15) is 0 Å². The molecule has 2 aliphatic rings. The van der Waals surface area contributed by atoms with E-state index in [4.69, 9.17) is 0 Å². The summed E-state index contributed by atoms with van der Waals surface area (Å²) in [6.45, 7) is 1.15. The molecule has 2 heteroatoms. The summed E-state index contributed by atoms with van der Waals surface area (Å²) in [7, 11) is 0. The van der Waals surface area contributed by atoms with Crippen LogP contribution in [0.4, 0.5) is 5.69 Å². The molecular weight excluding hydrogens is 262 g/mol. The number of halogens is 1. The Labute approximate surface area is 106 Å². The second-order valence-corrected chi connectivity index (χ2v) is 6.01. The molecule has 16 heavy (non-hydrogen) atoms. The minimum absolute atomic E-state index is 0.802. The molecule has 1 saturated carbocycles. The van der Waals surface area contributed by atoms with Gasteiger partial charge < -0.3 is 5.32 Å². The first-order valence-corrected chi connectivity index (χ1v) is 7.17. The molecule has 0 aromatic heterocycles. The molecule has 0 radical (unpaired) electrons. The first-order chi connectivity index (χ1) is 7.84. The summed E-state index contributed by atoms with van der Waals surface area (Å²) < 4.78 is 1.22. The molecule has 0 amide bonds. The quantitative estimate of drug-likeness (QED) is 0.796. The Morgan fingerprint density at radius 3 is 2.75 bits per heavy atom. The monoisotopic (exact) mass is 279 g/mol. The lowest BCUT2D eigenvalue weighted by Gasteiger charge is -2.31. The molecule has 1 aliphatic heterocycles. The number of nitrogens with one attached hydrogen (secondary N) is 1. The van der Waals surface area contributed by atoms with E-state index in [1.54, 1.807) is 5.56 Å². The van der Waals surface area contributed by atoms with Crippen molar-refractivity contribution in [1.82, 2.24) is 0 Å². The molecule has 1 atom stereocenters. The van der Waals surface area contributed by atoms with E-state index in [1.165, 1.54) is 42.3 Å². The highest BCUT2D eigenvalue weighted by atomic mass is 79.9. The summed E-state index contributed by atoms with van der Waals surface area (Å²) >= 11 is 3.60. The van der Waals surface area contributed by atoms with Gasteiger partial charge in [0.15, 0.2) is 0 Å². The maximum absolute atomic E-state index is 3.60. The molecule has 1 fully saturated rings. The molecule has 86 valence electrons. The van der Waals surface area contributed by atoms with Crippen LogP contribution >= 0.6 is 15.9 Å². The highest BCUT2D eigenvalue weighted by Gasteiger charge is 2.29. The van der Waals surface area contributed by atoms with Crippen molar-refractivity contribution in [2.75, 3.05) is 11.9 Å². The normalized spacial score (nSPS) is 25.2. The second kappa shape index (κ2) is 4.40. The van der Waals surface area contributed by atoms with Crippen LogP contribution in [0.3, 0.4) is 0 Å². The van der Waals surface area contributed by atoms with Crippen LogP contribution in [0.2, 0.25) is 0 Å². The van der Waals surface area contributed by atoms with Crippen molar-refractivity contribution in [3.05, 3.63) is 28.2 Å². The largest absolute Gasteiger partial charge is 0.385 e. The van der Waals surface area contributed by atoms with Crippen LogP contribution in [0.5, 0.6) is 0 Å². The number of benzene rings is 1. The van der Waals surface area contributed by atoms with Crippen molar-refractivity contribution in [2.24, 2.45) is 5.92 Å². The van der Waals surface area contributed by atoms with Crippen LogP contribution in [0.25, 0.3) is 0 Å². The van der Waals surface area contributed by atoms with E-state index in [2.05, 4.69) is 39.4 Å². The Morgan fingerprint density at radius 1 is 1.12 bits per heavy atom. The van der Waals surface area contributed by atoms with Crippen molar-refractivity contribution < 1.29 is 0 Å². The molecule has 1 aromatic carbocycles. The van der Waals surface area contributed by atoms with Gasteiger partial charge in [0, 0.05) is 16.7 Å². The molecule has 1 unspecified atom stereocenters. The lowest BCUT2D eigenvalue weighted by molar-refractivity contribution is 0.412. The van der Waals surface area contributed by atoms with Crippen molar-refractivity contribution in [3.8, 4) is 0 Å². The molecule has 1 N–H and O–H groups in total. The first kappa shape index (κ1) is 10.6. The van der Waals surface area contributed by atoms with E-state index >= 15 is 0 Å². The molecule has 0 saturated heterocycles. The van der Waals surface area contributed by atoms with Crippen LogP contribution in [-0.2, 0) is 0 Å². The number of rotatable bonds is 1. The van der Waals surface area contributed by atoms with Crippen molar-refractivity contribution in [1.29, 1.82) is 0 Å². The minimum Gasteiger partial charge on any atom is -0.385 e. The molecule has 1 aromatic rings. The van der Waals surface area contributed by atoms with E-state index < -0.39 is 0 Å². The molecule has 1 nitrogen and oxygen atoms in total. The summed E-state index contributed by atoms with van der Waals surface area (Å²) in [5, 5.41) is 3.52. The van der Waals surface area contributed by atoms with Gasteiger partial charge in [0.25, 0.3) is 0 Å². The second-order valence-electron chi connectivity index (χ2n) is 5.10. The Kier molecular flexibility index (Phi) is 2.93. The number of fused-ring (bicyclic) bond motifs is 1. The van der Waals surface area contributed by atoms with Gasteiger partial charge in [0.2, 0.25) is 0 Å². The highest BCUT2D eigenvalue weighted by molar-refractivity contribution is 9.10. The van der Waals surface area contributed by atoms with Gasteiger partial charge in [-0.2, -0.15) is 0 Å². The summed E-state index contributed by atoms with van der Waals surface area (Å²) in [5.74, 6) is 1.74. The van der Waals surface area contributed by atoms with E-state index in [9.17, 15) is 0 Å². The van der Waals surface area contributed by atoms with Gasteiger partial charge in [-0.1, -0.05) is 28.8 Å². The summed E-state index contributed by atoms with van der Waals surface area (Å²) in [4.78, 5) is 0. The number of anilines is 1. The van der Waals surface area contributed by atoms with E-state index in [0.29, 0.717) is 0 Å². The lowest BCUT2D eigenvalue weighted by Crippen LogP contribution is -2.21. The number of hydrogen-bond donors (Lipinski definition) is 1. The van der Waals surface area contributed by atoms with E-state index in [0.717, 1.165) is 18.4 Å². The van der Waals surface area contributed by atoms with Gasteiger partial charge in [-0.3, -0.25) is 0 Å². The third-order valence-corrected chi connectivity index (χ3v) is 4.65. The molecule has 0 bridgehead atoms. The van der Waals surface area contributed by atoms with Crippen molar-refractivity contribution >= 4 is 21.6 Å². The minimum atomic E-state index is 0.802. The molecule has 3 rings (SSSR count). The van der Waals surface area contributed by atoms with Gasteiger partial charge in [0.05, 0.1) is 0 Å². The zero-order chi connectivity index (χ0) is 11.0. The molecular formula is C14H18BrN. The van der Waals surface area contributed by atoms with Crippen LogP contribution in [0, 0.1) is 5.92 Å². The Hall–Kier alpha value is -0.500. The van der Waals surface area contributed by atoms with Gasteiger partial charge >= 0.3 is 0 Å². The Bertz CT molecular complexity index is 382. The summed E-state index contributed by atoms with van der Waals surface area (Å²) in [6, 6.07) is 6.69. The van der Waals surface area contributed by atoms with Crippen LogP contribution < -0.4 is 5.32 Å². The van der Waals surface area contributed by atoms with Crippen molar-refractivity contribution in [3.63, 3.8) is 0 Å². The third-order valence-electron chi connectivity index (χ3n) is 4.15. The van der Waals surface area contributed by atoms with Gasteiger partial charge in [-0.25, -0.2) is 0 Å². The standard InChI is InChI=1S/C14H18BrN/c15-11-5-6-14-13(9-11)12(7-8-16-14)10-3-1-2-4-10/h5-6,9-10,12,16H,1-4,7-8H2. The van der Waals surface area contributed by atoms with E-state index in [-0.39, 0.29) is 0 Å². The Balaban J connectivity index is 1.94. The van der Waals surface area contributed by atoms with E-state index in [1.807, 2.05) is 0 Å².